The number of aliphatic hydroxyl groups excluding tert-OH is 2. The van der Waals surface area contributed by atoms with Crippen molar-refractivity contribution in [1.29, 1.82) is 0 Å². The van der Waals surface area contributed by atoms with E-state index in [0.29, 0.717) is 35.7 Å². The number of carbonyl (C=O) groups excluding carboxylic acids is 2. The Balaban J connectivity index is 1.88. The van der Waals surface area contributed by atoms with Gasteiger partial charge in [-0.1, -0.05) is 45.5 Å². The molecule has 3 rings (SSSR count). The molecule has 2 N–H and O–H groups in total. The standard InChI is InChI=1S/C27H40FNO7S/c1-15-8-7-9-27(14-28)21(36-27)11-19(16(2)10-18-13-37-25(29-18)34-6)35-22(31)12-20(30)26(4,5)24(33)17(3)23(15)32/h10,13,15,17,19-21,23,30,32H,7-9,11-12,14H2,1-6H3/b16-10+/t15-,17+,19-,20-,21-,23-,27-/m0/s1. The van der Waals surface area contributed by atoms with Crippen LogP contribution in [0.3, 0.4) is 0 Å². The van der Waals surface area contributed by atoms with E-state index in [1.807, 2.05) is 12.3 Å². The molecular weight excluding hydrogens is 501 g/mol. The van der Waals surface area contributed by atoms with Crippen molar-refractivity contribution in [3.8, 4) is 5.19 Å². The minimum Gasteiger partial charge on any atom is -0.473 e. The summed E-state index contributed by atoms with van der Waals surface area (Å²) in [5.41, 5.74) is -0.874. The van der Waals surface area contributed by atoms with Crippen molar-refractivity contribution in [2.24, 2.45) is 17.3 Å². The normalized spacial score (nSPS) is 36.0. The van der Waals surface area contributed by atoms with Gasteiger partial charge >= 0.3 is 5.97 Å². The van der Waals surface area contributed by atoms with Gasteiger partial charge in [-0.2, -0.15) is 0 Å². The van der Waals surface area contributed by atoms with Gasteiger partial charge in [0.2, 0.25) is 0 Å². The largest absolute Gasteiger partial charge is 0.473 e. The molecule has 0 bridgehead atoms. The number of carbonyl (C=O) groups is 2. The van der Waals surface area contributed by atoms with Crippen molar-refractivity contribution in [2.75, 3.05) is 13.8 Å². The van der Waals surface area contributed by atoms with Gasteiger partial charge in [-0.3, -0.25) is 9.59 Å². The number of cyclic esters (lactones) is 1. The Bertz CT molecular complexity index is 995. The van der Waals surface area contributed by atoms with E-state index in [2.05, 4.69) is 4.98 Å². The summed E-state index contributed by atoms with van der Waals surface area (Å²) in [6.07, 6.45) is -0.0634. The Morgan fingerprint density at radius 2 is 2.03 bits per heavy atom. The first-order valence-electron chi connectivity index (χ1n) is 12.9. The molecule has 0 saturated carbocycles. The molecule has 1 aromatic rings. The Morgan fingerprint density at radius 3 is 2.65 bits per heavy atom. The molecule has 2 aliphatic heterocycles. The number of alkyl halides is 1. The number of esters is 1. The van der Waals surface area contributed by atoms with Gasteiger partial charge < -0.3 is 24.4 Å². The number of epoxide rings is 1. The zero-order valence-corrected chi connectivity index (χ0v) is 23.3. The molecule has 10 heteroatoms. The van der Waals surface area contributed by atoms with Crippen LogP contribution in [-0.4, -0.2) is 70.8 Å². The first-order valence-corrected chi connectivity index (χ1v) is 13.7. The molecule has 7 atom stereocenters. The van der Waals surface area contributed by atoms with Gasteiger partial charge in [0.25, 0.3) is 5.19 Å². The van der Waals surface area contributed by atoms with E-state index in [4.69, 9.17) is 14.2 Å². The first kappa shape index (κ1) is 29.7. The summed E-state index contributed by atoms with van der Waals surface area (Å²) in [5, 5.41) is 24.0. The summed E-state index contributed by atoms with van der Waals surface area (Å²) in [6, 6.07) is 0. The van der Waals surface area contributed by atoms with Gasteiger partial charge in [0, 0.05) is 17.7 Å². The molecule has 208 valence electrons. The Labute approximate surface area is 222 Å². The third kappa shape index (κ3) is 6.77. The van der Waals surface area contributed by atoms with Crippen molar-refractivity contribution in [3.63, 3.8) is 0 Å². The molecule has 8 nitrogen and oxygen atoms in total. The zero-order chi connectivity index (χ0) is 27.5. The number of Topliss-reactive ketones (excluding diaryl/α,β-unsaturated/α-hetero) is 1. The molecule has 0 radical (unpaired) electrons. The maximum atomic E-state index is 14.1. The van der Waals surface area contributed by atoms with E-state index in [1.165, 1.54) is 18.4 Å². The van der Waals surface area contributed by atoms with Crippen LogP contribution in [0.5, 0.6) is 5.19 Å². The van der Waals surface area contributed by atoms with E-state index >= 15 is 0 Å². The number of aromatic nitrogens is 1. The summed E-state index contributed by atoms with van der Waals surface area (Å²) >= 11 is 1.33. The van der Waals surface area contributed by atoms with E-state index < -0.39 is 60.4 Å². The van der Waals surface area contributed by atoms with Gasteiger partial charge in [0.15, 0.2) is 0 Å². The molecule has 1 aromatic heterocycles. The predicted molar refractivity (Wildman–Crippen MR) is 138 cm³/mol. The first-order chi connectivity index (χ1) is 17.3. The Hall–Kier alpha value is -1.88. The lowest BCUT2D eigenvalue weighted by molar-refractivity contribution is -0.154. The summed E-state index contributed by atoms with van der Waals surface area (Å²) in [6.45, 7) is 7.80. The van der Waals surface area contributed by atoms with Gasteiger partial charge in [0.1, 0.15) is 24.2 Å². The molecule has 0 amide bonds. The molecule has 2 fully saturated rings. The molecule has 3 heterocycles. The van der Waals surface area contributed by atoms with Gasteiger partial charge in [-0.05, 0) is 37.3 Å². The second-order valence-electron chi connectivity index (χ2n) is 11.1. The average molecular weight is 542 g/mol. The second kappa shape index (κ2) is 11.9. The number of halogens is 1. The molecule has 0 aromatic carbocycles. The number of ketones is 1. The Kier molecular flexibility index (Phi) is 9.53. The van der Waals surface area contributed by atoms with Crippen LogP contribution < -0.4 is 4.74 Å². The van der Waals surface area contributed by atoms with Crippen molar-refractivity contribution in [3.05, 3.63) is 16.6 Å². The Morgan fingerprint density at radius 1 is 1.32 bits per heavy atom. The van der Waals surface area contributed by atoms with Crippen molar-refractivity contribution < 1.29 is 38.4 Å². The summed E-state index contributed by atoms with van der Waals surface area (Å²) in [4.78, 5) is 30.5. The third-order valence-corrected chi connectivity index (χ3v) is 8.81. The molecule has 2 aliphatic rings. The zero-order valence-electron chi connectivity index (χ0n) is 22.5. The fraction of sp³-hybridized carbons (Fsp3) is 0.741. The van der Waals surface area contributed by atoms with Crippen molar-refractivity contribution >= 4 is 29.2 Å². The van der Waals surface area contributed by atoms with E-state index in [1.54, 1.807) is 33.8 Å². The van der Waals surface area contributed by atoms with Gasteiger partial charge in [0.05, 0.1) is 43.0 Å². The molecular formula is C27H40FNO7S. The fourth-order valence-corrected chi connectivity index (χ4v) is 5.70. The van der Waals surface area contributed by atoms with Crippen molar-refractivity contribution in [2.45, 2.75) is 96.7 Å². The van der Waals surface area contributed by atoms with Gasteiger partial charge in [-0.25, -0.2) is 9.37 Å². The molecule has 0 unspecified atom stereocenters. The smallest absolute Gasteiger partial charge is 0.309 e. The van der Waals surface area contributed by atoms with Crippen LogP contribution in [0.25, 0.3) is 6.08 Å². The van der Waals surface area contributed by atoms with E-state index in [0.717, 1.165) is 0 Å². The van der Waals surface area contributed by atoms with Crippen LogP contribution in [0.15, 0.2) is 11.0 Å². The number of nitrogens with zero attached hydrogens (tertiary/aromatic N) is 1. The number of hydrogen-bond acceptors (Lipinski definition) is 9. The van der Waals surface area contributed by atoms with Crippen LogP contribution in [0.1, 0.15) is 72.4 Å². The number of aliphatic hydroxyl groups is 2. The highest BCUT2D eigenvalue weighted by atomic mass is 32.1. The lowest BCUT2D eigenvalue weighted by atomic mass is 9.73. The van der Waals surface area contributed by atoms with Gasteiger partial charge in [-0.15, -0.1) is 0 Å². The van der Waals surface area contributed by atoms with Crippen LogP contribution in [0, 0.1) is 17.3 Å². The highest BCUT2D eigenvalue weighted by Gasteiger charge is 2.57. The van der Waals surface area contributed by atoms with Crippen LogP contribution in [-0.2, 0) is 19.1 Å². The summed E-state index contributed by atoms with van der Waals surface area (Å²) in [5.74, 6) is -1.94. The average Bonchev–Trinajstić information content (AvgIpc) is 3.34. The fourth-order valence-electron chi connectivity index (χ4n) is 5.11. The number of rotatable bonds is 4. The summed E-state index contributed by atoms with van der Waals surface area (Å²) < 4.78 is 30.9. The lowest BCUT2D eigenvalue weighted by Gasteiger charge is -2.34. The number of methoxy groups -OCH3 is 1. The number of hydrogen-bond donors (Lipinski definition) is 2. The number of ether oxygens (including phenoxy) is 3. The minimum atomic E-state index is -1.31. The minimum absolute atomic E-state index is 0.202. The van der Waals surface area contributed by atoms with Crippen LogP contribution in [0.4, 0.5) is 4.39 Å². The van der Waals surface area contributed by atoms with Crippen LogP contribution in [0.2, 0.25) is 0 Å². The number of fused-ring (bicyclic) bond motifs is 1. The monoisotopic (exact) mass is 541 g/mol. The number of thiazole rings is 1. The lowest BCUT2D eigenvalue weighted by Crippen LogP contribution is -2.45. The summed E-state index contributed by atoms with van der Waals surface area (Å²) in [7, 11) is 1.53. The maximum absolute atomic E-state index is 14.1. The third-order valence-electron chi connectivity index (χ3n) is 7.99. The van der Waals surface area contributed by atoms with Crippen molar-refractivity contribution in [1.82, 2.24) is 4.98 Å². The topological polar surface area (TPSA) is 118 Å². The van der Waals surface area contributed by atoms with Crippen LogP contribution >= 0.6 is 11.3 Å². The highest BCUT2D eigenvalue weighted by molar-refractivity contribution is 7.11. The second-order valence-corrected chi connectivity index (χ2v) is 11.9. The quantitative estimate of drug-likeness (QED) is 0.432. The molecule has 2 saturated heterocycles. The molecule has 37 heavy (non-hydrogen) atoms. The SMILES string of the molecule is COc1nc(/C=C(\C)[C@@H]2C[C@@H]3O[C@]3(CF)CCC[C@H](C)[C@H](O)[C@@H](C)C(=O)C(C)(C)[C@@H](O)CC(=O)O2)cs1. The van der Waals surface area contributed by atoms with E-state index in [9.17, 15) is 24.2 Å². The molecule has 0 aliphatic carbocycles. The molecule has 0 spiro atoms. The predicted octanol–water partition coefficient (Wildman–Crippen LogP) is 4.13. The van der Waals surface area contributed by atoms with E-state index in [-0.39, 0.29) is 18.1 Å². The highest BCUT2D eigenvalue weighted by Crippen LogP contribution is 2.46. The maximum Gasteiger partial charge on any atom is 0.309 e.